The van der Waals surface area contributed by atoms with Gasteiger partial charge < -0.3 is 0 Å². The van der Waals surface area contributed by atoms with Crippen molar-refractivity contribution in [1.29, 1.82) is 0 Å². The Morgan fingerprint density at radius 3 is 1.35 bits per heavy atom. The van der Waals surface area contributed by atoms with Crippen molar-refractivity contribution in [2.75, 3.05) is 0 Å². The zero-order valence-corrected chi connectivity index (χ0v) is 18.9. The van der Waals surface area contributed by atoms with Gasteiger partial charge >= 0.3 is 163 Å². The van der Waals surface area contributed by atoms with Crippen LogP contribution in [0, 0.1) is 13.8 Å². The molecule has 3 heteroatoms. The molecule has 23 heavy (non-hydrogen) atoms. The summed E-state index contributed by atoms with van der Waals surface area (Å²) in [4.78, 5) is 2.16. The molecule has 0 amide bonds. The van der Waals surface area contributed by atoms with E-state index in [1.807, 2.05) is 0 Å². The number of benzene rings is 2. The predicted molar refractivity (Wildman–Crippen MR) is 110 cm³/mol. The number of rotatable bonds is 4. The first-order chi connectivity index (χ1) is 10.7. The molecule has 0 saturated heterocycles. The molecule has 0 aliphatic carbocycles. The van der Waals surface area contributed by atoms with Gasteiger partial charge in [-0.25, -0.2) is 0 Å². The zero-order valence-electron chi connectivity index (χ0n) is 14.8. The Morgan fingerprint density at radius 2 is 1.04 bits per heavy atom. The first kappa shape index (κ1) is 19.3. The van der Waals surface area contributed by atoms with E-state index in [2.05, 4.69) is 91.1 Å². The van der Waals surface area contributed by atoms with Crippen LogP contribution < -0.4 is 7.22 Å². The van der Waals surface area contributed by atoms with Gasteiger partial charge in [-0.3, -0.25) is 0 Å². The van der Waals surface area contributed by atoms with E-state index in [1.165, 1.54) is 22.3 Å². The van der Waals surface area contributed by atoms with Gasteiger partial charge in [-0.15, -0.1) is 0 Å². The van der Waals surface area contributed by atoms with E-state index in [1.54, 1.807) is 7.22 Å². The van der Waals surface area contributed by atoms with Gasteiger partial charge in [0.1, 0.15) is 0 Å². The molecule has 2 rings (SSSR count). The fourth-order valence-electron chi connectivity index (χ4n) is 2.80. The normalized spacial score (nSPS) is 11.6. The van der Waals surface area contributed by atoms with Crippen LogP contribution in [0.1, 0.15) is 61.8 Å². The molecule has 0 spiro atoms. The molecule has 0 nitrogen and oxygen atoms in total. The van der Waals surface area contributed by atoms with Crippen molar-refractivity contribution in [2.24, 2.45) is 0 Å². The summed E-state index contributed by atoms with van der Waals surface area (Å²) in [6.07, 6.45) is 0. The van der Waals surface area contributed by atoms with Crippen molar-refractivity contribution in [1.82, 2.24) is 0 Å². The van der Waals surface area contributed by atoms with Crippen LogP contribution in [-0.4, -0.2) is 20.9 Å². The molecule has 0 unspecified atom stereocenters. The molecule has 0 bridgehead atoms. The average Bonchev–Trinajstić information content (AvgIpc) is 2.42. The van der Waals surface area contributed by atoms with E-state index in [0.29, 0.717) is 11.8 Å². The van der Waals surface area contributed by atoms with E-state index in [9.17, 15) is 0 Å². The van der Waals surface area contributed by atoms with E-state index in [4.69, 9.17) is 0 Å². The van der Waals surface area contributed by atoms with Crippen LogP contribution in [0.3, 0.4) is 0 Å². The second kappa shape index (κ2) is 7.87. The van der Waals surface area contributed by atoms with Crippen LogP contribution in [0.15, 0.2) is 34.1 Å². The van der Waals surface area contributed by atoms with Crippen molar-refractivity contribution in [3.63, 3.8) is 0 Å². The van der Waals surface area contributed by atoms with Gasteiger partial charge in [0.2, 0.25) is 0 Å². The summed E-state index contributed by atoms with van der Waals surface area (Å²) in [5, 5.41) is 0. The van der Waals surface area contributed by atoms with Gasteiger partial charge in [0, 0.05) is 0 Å². The predicted octanol–water partition coefficient (Wildman–Crippen LogP) is 4.78. The molecular formula is C20H26S2Te. The molecule has 0 aliphatic heterocycles. The van der Waals surface area contributed by atoms with Crippen LogP contribution in [0.2, 0.25) is 0 Å². The molecule has 0 fully saturated rings. The molecule has 0 atom stereocenters. The zero-order chi connectivity index (χ0) is 17.3. The van der Waals surface area contributed by atoms with Gasteiger partial charge in [0.15, 0.2) is 0 Å². The van der Waals surface area contributed by atoms with Crippen LogP contribution in [0.25, 0.3) is 0 Å². The summed E-state index contributed by atoms with van der Waals surface area (Å²) >= 11 is 8.73. The van der Waals surface area contributed by atoms with Crippen molar-refractivity contribution >= 4 is 53.4 Å². The fourth-order valence-corrected chi connectivity index (χ4v) is 7.66. The molecule has 2 aromatic carbocycles. The van der Waals surface area contributed by atoms with E-state index in [-0.39, 0.29) is 0 Å². The molecule has 124 valence electrons. The van der Waals surface area contributed by atoms with Crippen molar-refractivity contribution < 1.29 is 0 Å². The number of hydrogen-bond acceptors (Lipinski definition) is 2. The maximum atomic E-state index is 4.58. The SMILES string of the molecule is Cc1cc(S)cc(C(C)C)c1[Te]c1c(C)cc(S)cc1C(C)C. The van der Waals surface area contributed by atoms with Crippen molar-refractivity contribution in [3.8, 4) is 0 Å². The summed E-state index contributed by atoms with van der Waals surface area (Å²) in [6.45, 7) is 13.6. The van der Waals surface area contributed by atoms with E-state index in [0.717, 1.165) is 9.79 Å². The number of hydrogen-bond donors (Lipinski definition) is 2. The third-order valence-corrected chi connectivity index (χ3v) is 8.89. The van der Waals surface area contributed by atoms with Gasteiger partial charge in [0.25, 0.3) is 0 Å². The molecule has 2 aromatic rings. The van der Waals surface area contributed by atoms with Crippen LogP contribution in [-0.2, 0) is 0 Å². The quantitative estimate of drug-likeness (QED) is 0.479. The molecule has 0 saturated carbocycles. The summed E-state index contributed by atoms with van der Waals surface area (Å²) < 4.78 is 3.17. The summed E-state index contributed by atoms with van der Waals surface area (Å²) in [5.74, 6) is 1.07. The first-order valence-electron chi connectivity index (χ1n) is 8.05. The third kappa shape index (κ3) is 4.51. The average molecular weight is 458 g/mol. The van der Waals surface area contributed by atoms with E-state index >= 15 is 0 Å². The monoisotopic (exact) mass is 460 g/mol. The standard InChI is InChI=1S/C20H26S2Te/c1-11(2)17-9-15(21)7-13(5)19(17)23-20-14(6)8-16(22)10-18(20)12(3)4/h7-12,21-22H,1-6H3. The minimum absolute atomic E-state index is 0.438. The molecule has 0 aromatic heterocycles. The van der Waals surface area contributed by atoms with Crippen LogP contribution in [0.4, 0.5) is 0 Å². The van der Waals surface area contributed by atoms with Gasteiger partial charge in [-0.1, -0.05) is 0 Å². The Balaban J connectivity index is 2.60. The first-order valence-corrected chi connectivity index (χ1v) is 11.3. The van der Waals surface area contributed by atoms with E-state index < -0.39 is 20.9 Å². The number of aryl methyl sites for hydroxylation is 2. The van der Waals surface area contributed by atoms with Gasteiger partial charge in [-0.05, 0) is 0 Å². The van der Waals surface area contributed by atoms with Crippen LogP contribution >= 0.6 is 25.3 Å². The van der Waals surface area contributed by atoms with Crippen molar-refractivity contribution in [2.45, 2.75) is 63.2 Å². The molecule has 0 aliphatic rings. The Morgan fingerprint density at radius 1 is 0.696 bits per heavy atom. The van der Waals surface area contributed by atoms with Crippen LogP contribution in [0.5, 0.6) is 0 Å². The third-order valence-electron chi connectivity index (χ3n) is 4.02. The summed E-state index contributed by atoms with van der Waals surface area (Å²) in [5.41, 5.74) is 5.74. The second-order valence-electron chi connectivity index (χ2n) is 6.77. The Labute approximate surface area is 162 Å². The van der Waals surface area contributed by atoms with Gasteiger partial charge in [-0.2, -0.15) is 0 Å². The summed E-state index contributed by atoms with van der Waals surface area (Å²) in [6, 6.07) is 8.95. The number of thiol groups is 2. The maximum absolute atomic E-state index is 4.58. The Hall–Kier alpha value is -0.0704. The Kier molecular flexibility index (Phi) is 6.59. The molecule has 0 heterocycles. The molecule has 0 N–H and O–H groups in total. The minimum atomic E-state index is -0.438. The molecule has 0 radical (unpaired) electrons. The Bertz CT molecular complexity index is 657. The summed E-state index contributed by atoms with van der Waals surface area (Å²) in [7, 11) is 0. The van der Waals surface area contributed by atoms with Gasteiger partial charge in [0.05, 0.1) is 0 Å². The topological polar surface area (TPSA) is 0 Å². The molecular weight excluding hydrogens is 432 g/mol. The van der Waals surface area contributed by atoms with Crippen molar-refractivity contribution in [3.05, 3.63) is 46.5 Å². The second-order valence-corrected chi connectivity index (χ2v) is 10.7. The fraction of sp³-hybridized carbons (Fsp3) is 0.400.